The predicted octanol–water partition coefficient (Wildman–Crippen LogP) is 1.52. The largest absolute Gasteiger partial charge is 0.480 e. The third kappa shape index (κ3) is 5.39. The second kappa shape index (κ2) is 7.89. The van der Waals surface area contributed by atoms with Crippen LogP contribution in [0.1, 0.15) is 27.2 Å². The van der Waals surface area contributed by atoms with Gasteiger partial charge in [0.25, 0.3) is 0 Å². The number of thioether (sulfide) groups is 1. The molecular weight excluding hydrogens is 290 g/mol. The van der Waals surface area contributed by atoms with Crippen molar-refractivity contribution in [1.82, 2.24) is 15.1 Å². The Morgan fingerprint density at radius 1 is 1.43 bits per heavy atom. The first-order valence-corrected chi connectivity index (χ1v) is 8.35. The Bertz CT molecular complexity index is 366. The van der Waals surface area contributed by atoms with Crippen molar-refractivity contribution in [2.45, 2.75) is 44.6 Å². The van der Waals surface area contributed by atoms with Gasteiger partial charge in [-0.1, -0.05) is 13.8 Å². The minimum Gasteiger partial charge on any atom is -0.480 e. The van der Waals surface area contributed by atoms with Gasteiger partial charge in [-0.3, -0.25) is 4.90 Å². The van der Waals surface area contributed by atoms with E-state index in [1.807, 2.05) is 25.9 Å². The van der Waals surface area contributed by atoms with Gasteiger partial charge in [-0.2, -0.15) is 0 Å². The Morgan fingerprint density at radius 3 is 2.52 bits per heavy atom. The lowest BCUT2D eigenvalue weighted by atomic mass is 10.0. The molecule has 0 aromatic heterocycles. The number of carboxylic acid groups (broad SMARTS) is 1. The van der Waals surface area contributed by atoms with Gasteiger partial charge in [-0.15, -0.1) is 11.8 Å². The fraction of sp³-hybridized carbons (Fsp3) is 0.857. The maximum Gasteiger partial charge on any atom is 0.327 e. The number of carbonyl (C=O) groups is 2. The predicted molar refractivity (Wildman–Crippen MR) is 85.5 cm³/mol. The Morgan fingerprint density at radius 2 is 2.05 bits per heavy atom. The van der Waals surface area contributed by atoms with E-state index < -0.39 is 12.0 Å². The van der Waals surface area contributed by atoms with Crippen LogP contribution < -0.4 is 5.32 Å². The summed E-state index contributed by atoms with van der Waals surface area (Å²) in [7, 11) is 3.93. The van der Waals surface area contributed by atoms with Crippen LogP contribution in [-0.4, -0.2) is 70.8 Å². The maximum absolute atomic E-state index is 12.5. The van der Waals surface area contributed by atoms with Crippen molar-refractivity contribution in [3.05, 3.63) is 0 Å². The molecular formula is C14H27N3O3S. The zero-order valence-electron chi connectivity index (χ0n) is 13.5. The van der Waals surface area contributed by atoms with Crippen LogP contribution in [0, 0.1) is 5.92 Å². The third-order valence-corrected chi connectivity index (χ3v) is 4.63. The number of rotatable bonds is 6. The molecule has 1 heterocycles. The first kappa shape index (κ1) is 18.1. The van der Waals surface area contributed by atoms with Gasteiger partial charge in [-0.25, -0.2) is 9.59 Å². The average molecular weight is 317 g/mol. The van der Waals surface area contributed by atoms with E-state index >= 15 is 0 Å². The molecule has 0 aliphatic carbocycles. The van der Waals surface area contributed by atoms with Crippen molar-refractivity contribution in [3.63, 3.8) is 0 Å². The molecule has 3 atom stereocenters. The summed E-state index contributed by atoms with van der Waals surface area (Å²) in [6, 6.07) is -0.976. The third-order valence-electron chi connectivity index (χ3n) is 3.41. The van der Waals surface area contributed by atoms with Crippen LogP contribution in [0.4, 0.5) is 4.79 Å². The van der Waals surface area contributed by atoms with E-state index in [0.717, 1.165) is 13.0 Å². The number of nitrogens with zero attached hydrogens (tertiary/aromatic N) is 2. The molecule has 0 aromatic carbocycles. The normalized spacial score (nSPS) is 23.7. The highest BCUT2D eigenvalue weighted by Crippen LogP contribution is 2.28. The summed E-state index contributed by atoms with van der Waals surface area (Å²) in [5, 5.41) is 12.1. The van der Waals surface area contributed by atoms with Crippen molar-refractivity contribution in [3.8, 4) is 0 Å². The highest BCUT2D eigenvalue weighted by atomic mass is 32.2. The first-order chi connectivity index (χ1) is 9.72. The monoisotopic (exact) mass is 317 g/mol. The molecule has 1 fully saturated rings. The van der Waals surface area contributed by atoms with Crippen LogP contribution >= 0.6 is 11.8 Å². The van der Waals surface area contributed by atoms with Crippen LogP contribution in [0.2, 0.25) is 0 Å². The summed E-state index contributed by atoms with van der Waals surface area (Å²) in [5.41, 5.74) is 0. The Hall–Kier alpha value is -0.950. The van der Waals surface area contributed by atoms with Gasteiger partial charge in [0.1, 0.15) is 6.04 Å². The number of aliphatic carboxylic acids is 1. The number of carbonyl (C=O) groups excluding carboxylic acids is 1. The molecule has 2 N–H and O–H groups in total. The van der Waals surface area contributed by atoms with E-state index in [2.05, 4.69) is 19.2 Å². The second-order valence-electron chi connectivity index (χ2n) is 6.23. The molecule has 0 saturated carbocycles. The zero-order valence-corrected chi connectivity index (χ0v) is 14.3. The zero-order chi connectivity index (χ0) is 16.2. The number of hydrogen-bond acceptors (Lipinski definition) is 4. The molecule has 0 spiro atoms. The van der Waals surface area contributed by atoms with Gasteiger partial charge in [0, 0.05) is 18.3 Å². The highest BCUT2D eigenvalue weighted by molar-refractivity contribution is 8.00. The summed E-state index contributed by atoms with van der Waals surface area (Å²) >= 11 is 1.50. The lowest BCUT2D eigenvalue weighted by molar-refractivity contribution is -0.141. The van der Waals surface area contributed by atoms with Gasteiger partial charge in [-0.05, 0) is 33.4 Å². The van der Waals surface area contributed by atoms with Crippen LogP contribution in [0.15, 0.2) is 0 Å². The summed E-state index contributed by atoms with van der Waals surface area (Å²) in [4.78, 5) is 27.2. The van der Waals surface area contributed by atoms with Crippen LogP contribution in [0.5, 0.6) is 0 Å². The van der Waals surface area contributed by atoms with Gasteiger partial charge < -0.3 is 15.3 Å². The molecule has 3 unspecified atom stereocenters. The minimum atomic E-state index is -0.935. The van der Waals surface area contributed by atoms with E-state index in [0.29, 0.717) is 11.7 Å². The highest BCUT2D eigenvalue weighted by Gasteiger charge is 2.40. The molecule has 1 aliphatic rings. The van der Waals surface area contributed by atoms with Gasteiger partial charge in [0.2, 0.25) is 0 Å². The van der Waals surface area contributed by atoms with E-state index in [1.165, 1.54) is 16.7 Å². The molecule has 1 aliphatic heterocycles. The molecule has 1 saturated heterocycles. The lowest BCUT2D eigenvalue weighted by Gasteiger charge is -2.30. The SMILES string of the molecule is CC(C)CC(CN(C)C)NC(=O)N1C(C)SCC1C(=O)O. The minimum absolute atomic E-state index is 0.0275. The van der Waals surface area contributed by atoms with E-state index in [4.69, 9.17) is 0 Å². The smallest absolute Gasteiger partial charge is 0.327 e. The maximum atomic E-state index is 12.5. The van der Waals surface area contributed by atoms with Crippen molar-refractivity contribution in [1.29, 1.82) is 0 Å². The molecule has 7 heteroatoms. The quantitative estimate of drug-likeness (QED) is 0.777. The molecule has 0 radical (unpaired) electrons. The lowest BCUT2D eigenvalue weighted by Crippen LogP contribution is -2.53. The topological polar surface area (TPSA) is 72.9 Å². The molecule has 6 nitrogen and oxygen atoms in total. The van der Waals surface area contributed by atoms with Crippen molar-refractivity contribution < 1.29 is 14.7 Å². The first-order valence-electron chi connectivity index (χ1n) is 7.30. The number of nitrogens with one attached hydrogen (secondary N) is 1. The van der Waals surface area contributed by atoms with Crippen molar-refractivity contribution in [2.75, 3.05) is 26.4 Å². The van der Waals surface area contributed by atoms with Gasteiger partial charge in [0.15, 0.2) is 0 Å². The Balaban J connectivity index is 2.72. The Labute approximate surface area is 131 Å². The Kier molecular flexibility index (Phi) is 6.80. The number of amides is 2. The summed E-state index contributed by atoms with van der Waals surface area (Å²) < 4.78 is 0. The van der Waals surface area contributed by atoms with E-state index in [-0.39, 0.29) is 17.4 Å². The summed E-state index contributed by atoms with van der Waals surface area (Å²) in [6.45, 7) is 6.85. The molecule has 2 amide bonds. The standard InChI is InChI=1S/C14H27N3O3S/c1-9(2)6-11(7-16(4)5)15-14(20)17-10(3)21-8-12(17)13(18)19/h9-12H,6-8H2,1-5H3,(H,15,20)(H,18,19). The van der Waals surface area contributed by atoms with Crippen molar-refractivity contribution >= 4 is 23.8 Å². The molecule has 122 valence electrons. The number of likely N-dealkylation sites (N-methyl/N-ethyl adjacent to an activating group) is 1. The summed E-state index contributed by atoms with van der Waals surface area (Å²) in [6.07, 6.45) is 0.872. The fourth-order valence-electron chi connectivity index (χ4n) is 2.58. The average Bonchev–Trinajstić information content (AvgIpc) is 2.69. The van der Waals surface area contributed by atoms with Crippen LogP contribution in [0.25, 0.3) is 0 Å². The van der Waals surface area contributed by atoms with Crippen LogP contribution in [-0.2, 0) is 4.79 Å². The van der Waals surface area contributed by atoms with Crippen molar-refractivity contribution in [2.24, 2.45) is 5.92 Å². The number of urea groups is 1. The summed E-state index contributed by atoms with van der Waals surface area (Å²) in [5.74, 6) is -0.0159. The molecule has 21 heavy (non-hydrogen) atoms. The number of hydrogen-bond donors (Lipinski definition) is 2. The van der Waals surface area contributed by atoms with Crippen LogP contribution in [0.3, 0.4) is 0 Å². The van der Waals surface area contributed by atoms with Gasteiger partial charge in [0.05, 0.1) is 5.37 Å². The number of carboxylic acids is 1. The fourth-order valence-corrected chi connectivity index (χ4v) is 3.75. The molecule has 0 bridgehead atoms. The molecule has 0 aromatic rings. The van der Waals surface area contributed by atoms with Gasteiger partial charge >= 0.3 is 12.0 Å². The van der Waals surface area contributed by atoms with E-state index in [1.54, 1.807) is 0 Å². The second-order valence-corrected chi connectivity index (χ2v) is 7.58. The molecule has 1 rings (SSSR count). The van der Waals surface area contributed by atoms with E-state index in [9.17, 15) is 14.7 Å².